The van der Waals surface area contributed by atoms with Gasteiger partial charge in [-0.05, 0) is 36.2 Å². The molecular formula is C17H17ClN2O5S2. The number of halogens is 1. The van der Waals surface area contributed by atoms with Crippen LogP contribution >= 0.6 is 11.6 Å². The normalized spacial score (nSPS) is 18.4. The summed E-state index contributed by atoms with van der Waals surface area (Å²) in [6, 6.07) is 10.3. The molecule has 0 aromatic heterocycles. The summed E-state index contributed by atoms with van der Waals surface area (Å²) in [7, 11) is -6.91. The summed E-state index contributed by atoms with van der Waals surface area (Å²) in [5.74, 6) is -0.515. The summed E-state index contributed by atoms with van der Waals surface area (Å²) in [4.78, 5) is 12.9. The fourth-order valence-electron chi connectivity index (χ4n) is 2.93. The fraction of sp³-hybridized carbons (Fsp3) is 0.235. The summed E-state index contributed by atoms with van der Waals surface area (Å²) < 4.78 is 49.5. The Hall–Kier alpha value is -2.10. The zero-order valence-electron chi connectivity index (χ0n) is 14.3. The van der Waals surface area contributed by atoms with Gasteiger partial charge in [0.05, 0.1) is 33.7 Å². The first-order valence-corrected chi connectivity index (χ1v) is 11.9. The molecule has 1 unspecified atom stereocenters. The Morgan fingerprint density at radius 3 is 2.59 bits per heavy atom. The summed E-state index contributed by atoms with van der Waals surface area (Å²) in [6.45, 7) is 0. The number of benzene rings is 2. The SMILES string of the molecule is CS(=O)(=O)Nc1cc(C(=O)NC2CCS(=O)(=O)c3ccccc32)ccc1Cl. The minimum Gasteiger partial charge on any atom is -0.345 e. The van der Waals surface area contributed by atoms with Gasteiger partial charge in [-0.25, -0.2) is 16.8 Å². The number of amides is 1. The molecule has 27 heavy (non-hydrogen) atoms. The fourth-order valence-corrected chi connectivity index (χ4v) is 5.34. The predicted molar refractivity (Wildman–Crippen MR) is 103 cm³/mol. The molecule has 0 fully saturated rings. The van der Waals surface area contributed by atoms with E-state index in [1.165, 1.54) is 24.3 Å². The van der Waals surface area contributed by atoms with E-state index in [9.17, 15) is 21.6 Å². The van der Waals surface area contributed by atoms with E-state index in [0.29, 0.717) is 5.56 Å². The smallest absolute Gasteiger partial charge is 0.251 e. The second-order valence-corrected chi connectivity index (χ2v) is 10.5. The van der Waals surface area contributed by atoms with Gasteiger partial charge >= 0.3 is 0 Å². The van der Waals surface area contributed by atoms with Crippen LogP contribution in [0.5, 0.6) is 0 Å². The number of rotatable bonds is 4. The molecule has 1 amide bonds. The van der Waals surface area contributed by atoms with Gasteiger partial charge in [-0.15, -0.1) is 0 Å². The van der Waals surface area contributed by atoms with E-state index in [-0.39, 0.29) is 33.3 Å². The topological polar surface area (TPSA) is 109 Å². The molecule has 2 aromatic carbocycles. The third-order valence-corrected chi connectivity index (χ3v) is 6.87. The average Bonchev–Trinajstić information content (AvgIpc) is 2.58. The lowest BCUT2D eigenvalue weighted by Crippen LogP contribution is -2.33. The Balaban J connectivity index is 1.87. The van der Waals surface area contributed by atoms with Crippen LogP contribution in [0.25, 0.3) is 0 Å². The van der Waals surface area contributed by atoms with Gasteiger partial charge in [0.2, 0.25) is 10.0 Å². The third kappa shape index (κ3) is 4.42. The molecular weight excluding hydrogens is 412 g/mol. The lowest BCUT2D eigenvalue weighted by Gasteiger charge is -2.26. The average molecular weight is 429 g/mol. The van der Waals surface area contributed by atoms with Crippen molar-refractivity contribution in [3.8, 4) is 0 Å². The quantitative estimate of drug-likeness (QED) is 0.776. The highest BCUT2D eigenvalue weighted by atomic mass is 35.5. The van der Waals surface area contributed by atoms with Gasteiger partial charge in [-0.1, -0.05) is 29.8 Å². The van der Waals surface area contributed by atoms with Crippen molar-refractivity contribution in [1.29, 1.82) is 0 Å². The van der Waals surface area contributed by atoms with Crippen LogP contribution in [-0.4, -0.2) is 34.8 Å². The van der Waals surface area contributed by atoms with Gasteiger partial charge < -0.3 is 5.32 Å². The Kier molecular flexibility index (Phi) is 5.20. The van der Waals surface area contributed by atoms with Crippen molar-refractivity contribution in [2.24, 2.45) is 0 Å². The third-order valence-electron chi connectivity index (χ3n) is 4.13. The van der Waals surface area contributed by atoms with Gasteiger partial charge in [0.1, 0.15) is 0 Å². The molecule has 0 radical (unpaired) electrons. The molecule has 2 aromatic rings. The minimum atomic E-state index is -3.56. The molecule has 3 rings (SSSR count). The molecule has 0 saturated heterocycles. The van der Waals surface area contributed by atoms with E-state index in [4.69, 9.17) is 11.6 Å². The number of hydrogen-bond acceptors (Lipinski definition) is 5. The standard InChI is InChI=1S/C17H17ClN2O5S2/c1-26(22,23)20-15-10-11(6-7-13(15)18)17(21)19-14-8-9-27(24,25)16-5-3-2-4-12(14)16/h2-7,10,14,20H,8-9H2,1H3,(H,19,21). The van der Waals surface area contributed by atoms with Gasteiger partial charge in [0, 0.05) is 5.56 Å². The molecule has 0 saturated carbocycles. The van der Waals surface area contributed by atoms with Crippen LogP contribution < -0.4 is 10.0 Å². The molecule has 0 spiro atoms. The second kappa shape index (κ2) is 7.14. The second-order valence-electron chi connectivity index (χ2n) is 6.24. The number of hydrogen-bond donors (Lipinski definition) is 2. The van der Waals surface area contributed by atoms with E-state index in [1.54, 1.807) is 18.2 Å². The first-order chi connectivity index (χ1) is 12.6. The Morgan fingerprint density at radius 1 is 1.19 bits per heavy atom. The van der Waals surface area contributed by atoms with Crippen LogP contribution in [-0.2, 0) is 19.9 Å². The number of nitrogens with one attached hydrogen (secondary N) is 2. The number of anilines is 1. The van der Waals surface area contributed by atoms with E-state index in [2.05, 4.69) is 10.0 Å². The number of carbonyl (C=O) groups is 1. The van der Waals surface area contributed by atoms with Crippen molar-refractivity contribution >= 4 is 43.1 Å². The van der Waals surface area contributed by atoms with Crippen molar-refractivity contribution < 1.29 is 21.6 Å². The van der Waals surface area contributed by atoms with E-state index in [1.807, 2.05) is 0 Å². The number of sulfonamides is 1. The highest BCUT2D eigenvalue weighted by Gasteiger charge is 2.31. The molecule has 7 nitrogen and oxygen atoms in total. The van der Waals surface area contributed by atoms with Crippen molar-refractivity contribution in [2.45, 2.75) is 17.4 Å². The summed E-state index contributed by atoms with van der Waals surface area (Å²) in [5, 5.41) is 2.97. The van der Waals surface area contributed by atoms with Crippen LogP contribution in [0.3, 0.4) is 0 Å². The van der Waals surface area contributed by atoms with Gasteiger partial charge in [-0.3, -0.25) is 9.52 Å². The maximum atomic E-state index is 12.6. The largest absolute Gasteiger partial charge is 0.345 e. The van der Waals surface area contributed by atoms with Crippen LogP contribution in [0.15, 0.2) is 47.4 Å². The van der Waals surface area contributed by atoms with E-state index < -0.39 is 31.8 Å². The van der Waals surface area contributed by atoms with Crippen LogP contribution in [0.2, 0.25) is 5.02 Å². The maximum Gasteiger partial charge on any atom is 0.251 e. The zero-order chi connectivity index (χ0) is 19.8. The first-order valence-electron chi connectivity index (χ1n) is 7.97. The Labute approximate surface area is 162 Å². The summed E-state index contributed by atoms with van der Waals surface area (Å²) in [6.07, 6.45) is 1.24. The van der Waals surface area contributed by atoms with Gasteiger partial charge in [0.25, 0.3) is 5.91 Å². The Bertz CT molecular complexity index is 1110. The van der Waals surface area contributed by atoms with E-state index >= 15 is 0 Å². The molecule has 10 heteroatoms. The van der Waals surface area contributed by atoms with Crippen molar-refractivity contribution in [1.82, 2.24) is 5.32 Å². The number of carbonyl (C=O) groups excluding carboxylic acids is 1. The highest BCUT2D eigenvalue weighted by Crippen LogP contribution is 2.32. The van der Waals surface area contributed by atoms with Crippen molar-refractivity contribution in [3.63, 3.8) is 0 Å². The van der Waals surface area contributed by atoms with Crippen LogP contribution in [0.4, 0.5) is 5.69 Å². The molecule has 1 aliphatic heterocycles. The van der Waals surface area contributed by atoms with Gasteiger partial charge in [-0.2, -0.15) is 0 Å². The maximum absolute atomic E-state index is 12.6. The zero-order valence-corrected chi connectivity index (χ0v) is 16.7. The number of sulfone groups is 1. The monoisotopic (exact) mass is 428 g/mol. The van der Waals surface area contributed by atoms with Crippen molar-refractivity contribution in [2.75, 3.05) is 16.7 Å². The molecule has 0 bridgehead atoms. The van der Waals surface area contributed by atoms with E-state index in [0.717, 1.165) is 6.26 Å². The van der Waals surface area contributed by atoms with Gasteiger partial charge in [0.15, 0.2) is 9.84 Å². The summed E-state index contributed by atoms with van der Waals surface area (Å²) in [5.41, 5.74) is 0.843. The molecule has 144 valence electrons. The molecule has 2 N–H and O–H groups in total. The van der Waals surface area contributed by atoms with Crippen LogP contribution in [0, 0.1) is 0 Å². The van der Waals surface area contributed by atoms with Crippen LogP contribution in [0.1, 0.15) is 28.4 Å². The lowest BCUT2D eigenvalue weighted by atomic mass is 10.0. The number of fused-ring (bicyclic) bond motifs is 1. The minimum absolute atomic E-state index is 0.0591. The first kappa shape index (κ1) is 19.7. The predicted octanol–water partition coefficient (Wildman–Crippen LogP) is 2.36. The summed E-state index contributed by atoms with van der Waals surface area (Å²) >= 11 is 5.97. The molecule has 1 aliphatic rings. The molecule has 1 heterocycles. The highest BCUT2D eigenvalue weighted by molar-refractivity contribution is 7.92. The molecule has 0 aliphatic carbocycles. The lowest BCUT2D eigenvalue weighted by molar-refractivity contribution is 0.0934. The Morgan fingerprint density at radius 2 is 1.89 bits per heavy atom. The van der Waals surface area contributed by atoms with Crippen molar-refractivity contribution in [3.05, 3.63) is 58.6 Å². The molecule has 1 atom stereocenters.